The van der Waals surface area contributed by atoms with Gasteiger partial charge >= 0.3 is 12.1 Å². The van der Waals surface area contributed by atoms with Crippen molar-refractivity contribution in [3.8, 4) is 0 Å². The van der Waals surface area contributed by atoms with Crippen LogP contribution < -0.4 is 0 Å². The van der Waals surface area contributed by atoms with Gasteiger partial charge in [0.15, 0.2) is 0 Å². The molecule has 2 heterocycles. The van der Waals surface area contributed by atoms with E-state index in [1.54, 1.807) is 0 Å². The Morgan fingerprint density at radius 2 is 1.62 bits per heavy atom. The topological polar surface area (TPSA) is 72.9 Å². The zero-order valence-corrected chi connectivity index (χ0v) is 18.3. The van der Waals surface area contributed by atoms with Crippen molar-refractivity contribution in [2.24, 2.45) is 5.92 Å². The predicted molar refractivity (Wildman–Crippen MR) is 119 cm³/mol. The van der Waals surface area contributed by atoms with Crippen LogP contribution in [0.15, 0.2) is 60.7 Å². The van der Waals surface area contributed by atoms with Gasteiger partial charge in [0, 0.05) is 5.92 Å². The Kier molecular flexibility index (Phi) is 6.88. The van der Waals surface area contributed by atoms with E-state index < -0.39 is 24.2 Å². The van der Waals surface area contributed by atoms with Crippen molar-refractivity contribution in [1.82, 2.24) is 4.90 Å². The van der Waals surface area contributed by atoms with Crippen LogP contribution in [0.5, 0.6) is 0 Å². The van der Waals surface area contributed by atoms with Crippen molar-refractivity contribution < 1.29 is 23.9 Å². The highest BCUT2D eigenvalue weighted by molar-refractivity contribution is 5.97. The molecule has 2 amide bonds. The van der Waals surface area contributed by atoms with Gasteiger partial charge in [-0.25, -0.2) is 9.69 Å². The van der Waals surface area contributed by atoms with Gasteiger partial charge in [-0.2, -0.15) is 0 Å². The molecule has 3 atom stereocenters. The molecule has 4 rings (SSSR count). The van der Waals surface area contributed by atoms with Gasteiger partial charge in [0.2, 0.25) is 5.91 Å². The molecule has 32 heavy (non-hydrogen) atoms. The normalized spacial score (nSPS) is 22.8. The molecule has 0 spiro atoms. The maximum absolute atomic E-state index is 13.6. The number of benzene rings is 2. The van der Waals surface area contributed by atoms with Crippen LogP contribution in [-0.4, -0.2) is 41.6 Å². The second-order valence-corrected chi connectivity index (χ2v) is 8.49. The molecule has 2 saturated heterocycles. The molecule has 2 fully saturated rings. The third-order valence-corrected chi connectivity index (χ3v) is 6.37. The third-order valence-electron chi connectivity index (χ3n) is 6.37. The van der Waals surface area contributed by atoms with Gasteiger partial charge in [0.25, 0.3) is 0 Å². The number of amides is 2. The first-order valence-corrected chi connectivity index (χ1v) is 11.4. The molecule has 2 aromatic carbocycles. The van der Waals surface area contributed by atoms with Crippen molar-refractivity contribution in [2.75, 3.05) is 6.61 Å². The van der Waals surface area contributed by atoms with E-state index in [0.29, 0.717) is 6.42 Å². The summed E-state index contributed by atoms with van der Waals surface area (Å²) in [4.78, 5) is 39.7. The molecule has 6 heteroatoms. The first-order chi connectivity index (χ1) is 15.6. The van der Waals surface area contributed by atoms with Gasteiger partial charge in [0.05, 0.1) is 18.4 Å². The summed E-state index contributed by atoms with van der Waals surface area (Å²) in [6, 6.07) is 19.2. The minimum atomic E-state index is -0.653. The summed E-state index contributed by atoms with van der Waals surface area (Å²) in [5.41, 5.74) is 2.00. The lowest BCUT2D eigenvalue weighted by molar-refractivity contribution is -0.142. The fraction of sp³-hybridized carbons (Fsp3) is 0.423. The van der Waals surface area contributed by atoms with Crippen molar-refractivity contribution >= 4 is 18.0 Å². The largest absolute Gasteiger partial charge is 0.461 e. The molecule has 0 radical (unpaired) electrons. The van der Waals surface area contributed by atoms with Crippen LogP contribution >= 0.6 is 0 Å². The molecular weight excluding hydrogens is 406 g/mol. The Bertz CT molecular complexity index is 906. The molecule has 0 N–H and O–H groups in total. The summed E-state index contributed by atoms with van der Waals surface area (Å²) in [7, 11) is 0. The van der Waals surface area contributed by atoms with Crippen LogP contribution in [0, 0.1) is 5.92 Å². The summed E-state index contributed by atoms with van der Waals surface area (Å²) in [6.45, 7) is 2.21. The lowest BCUT2D eigenvalue weighted by Gasteiger charge is -2.30. The van der Waals surface area contributed by atoms with Crippen molar-refractivity contribution in [1.29, 1.82) is 0 Å². The Labute approximate surface area is 188 Å². The van der Waals surface area contributed by atoms with E-state index in [1.165, 1.54) is 4.90 Å². The van der Waals surface area contributed by atoms with Crippen LogP contribution in [-0.2, 0) is 19.1 Å². The van der Waals surface area contributed by atoms with E-state index in [9.17, 15) is 14.4 Å². The smallest absolute Gasteiger partial charge is 0.417 e. The number of esters is 1. The van der Waals surface area contributed by atoms with Crippen LogP contribution in [0.3, 0.4) is 0 Å². The average Bonchev–Trinajstić information content (AvgIpc) is 3.37. The highest BCUT2D eigenvalue weighted by atomic mass is 16.6. The molecule has 2 aliphatic heterocycles. The maximum atomic E-state index is 13.6. The molecular formula is C26H29NO5. The number of carbonyl (C=O) groups excluding carboxylic acids is 3. The van der Waals surface area contributed by atoms with E-state index in [1.807, 2.05) is 60.7 Å². The van der Waals surface area contributed by atoms with E-state index in [4.69, 9.17) is 9.47 Å². The van der Waals surface area contributed by atoms with Crippen molar-refractivity contribution in [3.05, 3.63) is 71.8 Å². The number of carbonyl (C=O) groups is 3. The highest BCUT2D eigenvalue weighted by Gasteiger charge is 2.49. The zero-order chi connectivity index (χ0) is 22.5. The Hall–Kier alpha value is -3.15. The predicted octanol–water partition coefficient (Wildman–Crippen LogP) is 4.68. The van der Waals surface area contributed by atoms with Crippen LogP contribution in [0.4, 0.5) is 4.79 Å². The van der Waals surface area contributed by atoms with Crippen LogP contribution in [0.25, 0.3) is 0 Å². The summed E-state index contributed by atoms with van der Waals surface area (Å²) in [6.07, 6.45) is 2.43. The molecule has 1 unspecified atom stereocenters. The lowest BCUT2D eigenvalue weighted by atomic mass is 9.84. The number of unbranched alkanes of at least 4 members (excludes halogenated alkanes) is 2. The van der Waals surface area contributed by atoms with E-state index in [0.717, 1.165) is 30.4 Å². The maximum Gasteiger partial charge on any atom is 0.417 e. The number of ether oxygens (including phenoxy) is 2. The summed E-state index contributed by atoms with van der Waals surface area (Å²) >= 11 is 0. The number of hydrogen-bond acceptors (Lipinski definition) is 5. The fourth-order valence-electron chi connectivity index (χ4n) is 4.78. The van der Waals surface area contributed by atoms with Gasteiger partial charge in [-0.3, -0.25) is 9.59 Å². The molecule has 2 aliphatic rings. The van der Waals surface area contributed by atoms with Crippen molar-refractivity contribution in [2.45, 2.75) is 57.1 Å². The molecule has 6 nitrogen and oxygen atoms in total. The molecule has 2 aromatic rings. The molecule has 0 bridgehead atoms. The van der Waals surface area contributed by atoms with Crippen molar-refractivity contribution in [3.63, 3.8) is 0 Å². The molecule has 0 aliphatic carbocycles. The molecule has 0 aromatic heterocycles. The minimum Gasteiger partial charge on any atom is -0.461 e. The molecule has 168 valence electrons. The van der Waals surface area contributed by atoms with Gasteiger partial charge in [-0.05, 0) is 24.0 Å². The second kappa shape index (κ2) is 9.98. The monoisotopic (exact) mass is 435 g/mol. The summed E-state index contributed by atoms with van der Waals surface area (Å²) in [5.74, 6) is -1.64. The Morgan fingerprint density at radius 1 is 1.00 bits per heavy atom. The van der Waals surface area contributed by atoms with E-state index in [2.05, 4.69) is 6.92 Å². The Morgan fingerprint density at radius 3 is 2.22 bits per heavy atom. The summed E-state index contributed by atoms with van der Waals surface area (Å²) in [5, 5.41) is 0. The SMILES string of the molecule is CCCCCC1OC(=O)C[C@H]1C(=O)N1C(=O)OC[C@H]1C(c1ccccc1)c1ccccc1. The fourth-order valence-corrected chi connectivity index (χ4v) is 4.78. The number of hydrogen-bond donors (Lipinski definition) is 0. The summed E-state index contributed by atoms with van der Waals surface area (Å²) < 4.78 is 10.8. The number of rotatable bonds is 8. The van der Waals surface area contributed by atoms with E-state index >= 15 is 0 Å². The standard InChI is InChI=1S/C26H29NO5/c1-2-3-6-15-22-20(16-23(28)32-22)25(29)27-21(17-31-26(27)30)24(18-11-7-4-8-12-18)19-13-9-5-10-14-19/h4-5,7-14,20-22,24H,2-3,6,15-17H2,1H3/t20-,21+,22?/m1/s1. The van der Waals surface area contributed by atoms with Crippen LogP contribution in [0.2, 0.25) is 0 Å². The zero-order valence-electron chi connectivity index (χ0n) is 18.3. The molecule has 0 saturated carbocycles. The second-order valence-electron chi connectivity index (χ2n) is 8.49. The minimum absolute atomic E-state index is 0.00741. The lowest BCUT2D eigenvalue weighted by Crippen LogP contribution is -2.47. The first kappa shape index (κ1) is 22.1. The van der Waals surface area contributed by atoms with Gasteiger partial charge in [-0.15, -0.1) is 0 Å². The first-order valence-electron chi connectivity index (χ1n) is 11.4. The Balaban J connectivity index is 1.64. The van der Waals surface area contributed by atoms with Gasteiger partial charge in [-0.1, -0.05) is 80.4 Å². The number of imide groups is 1. The van der Waals surface area contributed by atoms with Gasteiger partial charge in [0.1, 0.15) is 12.7 Å². The average molecular weight is 436 g/mol. The number of cyclic esters (lactones) is 2. The highest BCUT2D eigenvalue weighted by Crippen LogP contribution is 2.37. The van der Waals surface area contributed by atoms with Gasteiger partial charge < -0.3 is 9.47 Å². The van der Waals surface area contributed by atoms with E-state index in [-0.39, 0.29) is 30.8 Å². The quantitative estimate of drug-likeness (QED) is 0.445. The van der Waals surface area contributed by atoms with Crippen LogP contribution in [0.1, 0.15) is 56.1 Å². The number of nitrogens with zero attached hydrogens (tertiary/aromatic N) is 1. The third kappa shape index (κ3) is 4.54.